The number of hydrogen-bond acceptors (Lipinski definition) is 4. The molecule has 1 aliphatic heterocycles. The molecule has 15 heavy (non-hydrogen) atoms. The second-order valence-corrected chi connectivity index (χ2v) is 4.77. The standard InChI is InChI=1S/C11H25N3O/c1-13(2)9-10-4-3-6-14(10)7-5-11(15)8-12/h10-11,15H,3-9,12H2,1-2H3. The molecule has 0 aliphatic carbocycles. The summed E-state index contributed by atoms with van der Waals surface area (Å²) >= 11 is 0. The molecular weight excluding hydrogens is 190 g/mol. The van der Waals surface area contributed by atoms with Gasteiger partial charge < -0.3 is 15.7 Å². The summed E-state index contributed by atoms with van der Waals surface area (Å²) in [5.74, 6) is 0. The Morgan fingerprint density at radius 2 is 2.27 bits per heavy atom. The summed E-state index contributed by atoms with van der Waals surface area (Å²) < 4.78 is 0. The molecule has 0 amide bonds. The van der Waals surface area contributed by atoms with Crippen LogP contribution >= 0.6 is 0 Å². The number of nitrogens with two attached hydrogens (primary N) is 1. The van der Waals surface area contributed by atoms with Gasteiger partial charge in [-0.25, -0.2) is 0 Å². The summed E-state index contributed by atoms with van der Waals surface area (Å²) in [7, 11) is 4.23. The van der Waals surface area contributed by atoms with Crippen molar-refractivity contribution < 1.29 is 5.11 Å². The molecule has 0 aromatic heterocycles. The Bertz CT molecular complexity index is 175. The van der Waals surface area contributed by atoms with Gasteiger partial charge in [-0.1, -0.05) is 0 Å². The van der Waals surface area contributed by atoms with E-state index >= 15 is 0 Å². The van der Waals surface area contributed by atoms with Gasteiger partial charge >= 0.3 is 0 Å². The van der Waals surface area contributed by atoms with Crippen molar-refractivity contribution in [2.75, 3.05) is 40.3 Å². The Hall–Kier alpha value is -0.160. The summed E-state index contributed by atoms with van der Waals surface area (Å²) in [4.78, 5) is 4.72. The second kappa shape index (κ2) is 6.43. The van der Waals surface area contributed by atoms with Gasteiger partial charge in [0.15, 0.2) is 0 Å². The highest BCUT2D eigenvalue weighted by Gasteiger charge is 2.24. The number of rotatable bonds is 6. The van der Waals surface area contributed by atoms with Crippen molar-refractivity contribution in [2.45, 2.75) is 31.4 Å². The van der Waals surface area contributed by atoms with Crippen molar-refractivity contribution >= 4 is 0 Å². The lowest BCUT2D eigenvalue weighted by Crippen LogP contribution is -2.39. The highest BCUT2D eigenvalue weighted by atomic mass is 16.3. The molecule has 1 rings (SSSR count). The summed E-state index contributed by atoms with van der Waals surface area (Å²) in [6, 6.07) is 0.671. The van der Waals surface area contributed by atoms with Crippen LogP contribution in [0.15, 0.2) is 0 Å². The van der Waals surface area contributed by atoms with Crippen LogP contribution in [0.25, 0.3) is 0 Å². The zero-order valence-electron chi connectivity index (χ0n) is 10.0. The SMILES string of the molecule is CN(C)CC1CCCN1CCC(O)CN. The minimum Gasteiger partial charge on any atom is -0.392 e. The van der Waals surface area contributed by atoms with Crippen LogP contribution in [0.4, 0.5) is 0 Å². The summed E-state index contributed by atoms with van der Waals surface area (Å²) in [5.41, 5.74) is 5.40. The van der Waals surface area contributed by atoms with Gasteiger partial charge in [0.05, 0.1) is 6.10 Å². The van der Waals surface area contributed by atoms with Gasteiger partial charge in [0.25, 0.3) is 0 Å². The number of nitrogens with zero attached hydrogens (tertiary/aromatic N) is 2. The van der Waals surface area contributed by atoms with Crippen molar-refractivity contribution in [1.82, 2.24) is 9.80 Å². The maximum absolute atomic E-state index is 9.42. The summed E-state index contributed by atoms with van der Waals surface area (Å²) in [5, 5.41) is 9.42. The topological polar surface area (TPSA) is 52.7 Å². The zero-order chi connectivity index (χ0) is 11.3. The van der Waals surface area contributed by atoms with E-state index in [1.54, 1.807) is 0 Å². The van der Waals surface area contributed by atoms with Gasteiger partial charge in [0.2, 0.25) is 0 Å². The molecule has 4 nitrogen and oxygen atoms in total. The van der Waals surface area contributed by atoms with E-state index in [0.717, 1.165) is 19.5 Å². The Kier molecular flexibility index (Phi) is 5.53. The van der Waals surface area contributed by atoms with E-state index in [9.17, 15) is 5.11 Å². The van der Waals surface area contributed by atoms with Gasteiger partial charge in [-0.3, -0.25) is 4.90 Å². The molecule has 1 heterocycles. The molecule has 4 heteroatoms. The van der Waals surface area contributed by atoms with Crippen molar-refractivity contribution in [1.29, 1.82) is 0 Å². The molecule has 0 bridgehead atoms. The van der Waals surface area contributed by atoms with Crippen molar-refractivity contribution in [3.05, 3.63) is 0 Å². The van der Waals surface area contributed by atoms with Crippen molar-refractivity contribution in [2.24, 2.45) is 5.73 Å². The average Bonchev–Trinajstić information content (AvgIpc) is 2.61. The molecule has 2 unspecified atom stereocenters. The van der Waals surface area contributed by atoms with Gasteiger partial charge in [-0.15, -0.1) is 0 Å². The average molecular weight is 215 g/mol. The smallest absolute Gasteiger partial charge is 0.0674 e. The first kappa shape index (κ1) is 12.9. The Morgan fingerprint density at radius 3 is 2.87 bits per heavy atom. The predicted molar refractivity (Wildman–Crippen MR) is 62.8 cm³/mol. The molecule has 2 atom stereocenters. The van der Waals surface area contributed by atoms with E-state index in [1.165, 1.54) is 19.4 Å². The molecule has 0 radical (unpaired) electrons. The highest BCUT2D eigenvalue weighted by molar-refractivity contribution is 4.81. The highest BCUT2D eigenvalue weighted by Crippen LogP contribution is 2.18. The van der Waals surface area contributed by atoms with E-state index in [0.29, 0.717) is 12.6 Å². The molecule has 1 fully saturated rings. The number of aliphatic hydroxyl groups excluding tert-OH is 1. The number of aliphatic hydroxyl groups is 1. The lowest BCUT2D eigenvalue weighted by atomic mass is 10.2. The van der Waals surface area contributed by atoms with Crippen molar-refractivity contribution in [3.8, 4) is 0 Å². The molecule has 0 saturated carbocycles. The maximum atomic E-state index is 9.42. The fourth-order valence-corrected chi connectivity index (χ4v) is 2.25. The molecule has 0 spiro atoms. The Morgan fingerprint density at radius 1 is 1.53 bits per heavy atom. The van der Waals surface area contributed by atoms with Crippen molar-refractivity contribution in [3.63, 3.8) is 0 Å². The quantitative estimate of drug-likeness (QED) is 0.640. The van der Waals surface area contributed by atoms with Crippen LogP contribution < -0.4 is 5.73 Å². The van der Waals surface area contributed by atoms with Crippen LogP contribution in [0.5, 0.6) is 0 Å². The minimum absolute atomic E-state index is 0.328. The molecule has 0 aromatic rings. The molecule has 90 valence electrons. The van der Waals surface area contributed by atoms with E-state index in [-0.39, 0.29) is 6.10 Å². The summed E-state index contributed by atoms with van der Waals surface area (Å²) in [6.45, 7) is 3.66. The molecule has 3 N–H and O–H groups in total. The van der Waals surface area contributed by atoms with E-state index in [2.05, 4.69) is 23.9 Å². The summed E-state index contributed by atoms with van der Waals surface area (Å²) in [6.07, 6.45) is 3.06. The molecule has 0 aromatic carbocycles. The largest absolute Gasteiger partial charge is 0.392 e. The normalized spacial score (nSPS) is 25.0. The van der Waals surface area contributed by atoms with Crippen LogP contribution in [0.2, 0.25) is 0 Å². The monoisotopic (exact) mass is 215 g/mol. The van der Waals surface area contributed by atoms with Gasteiger partial charge in [-0.2, -0.15) is 0 Å². The van der Waals surface area contributed by atoms with Crippen LogP contribution in [-0.4, -0.2) is 67.3 Å². The van der Waals surface area contributed by atoms with Crippen LogP contribution in [0.1, 0.15) is 19.3 Å². The first-order valence-electron chi connectivity index (χ1n) is 5.90. The molecule has 1 aliphatic rings. The van der Waals surface area contributed by atoms with E-state index in [1.807, 2.05) is 0 Å². The third kappa shape index (κ3) is 4.47. The minimum atomic E-state index is -0.328. The van der Waals surface area contributed by atoms with Crippen LogP contribution in [-0.2, 0) is 0 Å². The number of likely N-dealkylation sites (tertiary alicyclic amines) is 1. The Balaban J connectivity index is 2.26. The molecule has 1 saturated heterocycles. The van der Waals surface area contributed by atoms with Gasteiger partial charge in [0.1, 0.15) is 0 Å². The Labute approximate surface area is 93.0 Å². The predicted octanol–water partition coefficient (Wildman–Crippen LogP) is -0.278. The third-order valence-corrected chi connectivity index (χ3v) is 3.10. The molecular formula is C11H25N3O. The van der Waals surface area contributed by atoms with Crippen LogP contribution in [0, 0.1) is 0 Å². The van der Waals surface area contributed by atoms with Crippen LogP contribution in [0.3, 0.4) is 0 Å². The zero-order valence-corrected chi connectivity index (χ0v) is 10.0. The first-order valence-corrected chi connectivity index (χ1v) is 5.90. The third-order valence-electron chi connectivity index (χ3n) is 3.10. The number of likely N-dealkylation sites (N-methyl/N-ethyl adjacent to an activating group) is 1. The fourth-order valence-electron chi connectivity index (χ4n) is 2.25. The lowest BCUT2D eigenvalue weighted by Gasteiger charge is -2.27. The fraction of sp³-hybridized carbons (Fsp3) is 1.00. The second-order valence-electron chi connectivity index (χ2n) is 4.77. The lowest BCUT2D eigenvalue weighted by molar-refractivity contribution is 0.135. The first-order chi connectivity index (χ1) is 7.13. The van der Waals surface area contributed by atoms with E-state index < -0.39 is 0 Å². The van der Waals surface area contributed by atoms with E-state index in [4.69, 9.17) is 5.73 Å². The number of hydrogen-bond donors (Lipinski definition) is 2. The van der Waals surface area contributed by atoms with Gasteiger partial charge in [0, 0.05) is 25.7 Å². The van der Waals surface area contributed by atoms with Gasteiger partial charge in [-0.05, 0) is 39.9 Å². The maximum Gasteiger partial charge on any atom is 0.0674 e.